The Kier molecular flexibility index (Phi) is 4.82. The first kappa shape index (κ1) is 14.8. The van der Waals surface area contributed by atoms with E-state index < -0.39 is 11.4 Å². The Hall–Kier alpha value is -0.640. The molecule has 0 saturated carbocycles. The van der Waals surface area contributed by atoms with Crippen LogP contribution in [0.4, 0.5) is 4.39 Å². The van der Waals surface area contributed by atoms with Crippen molar-refractivity contribution in [3.05, 3.63) is 34.6 Å². The first-order valence-corrected chi connectivity index (χ1v) is 7.29. The van der Waals surface area contributed by atoms with Gasteiger partial charge >= 0.3 is 0 Å². The van der Waals surface area contributed by atoms with Crippen LogP contribution >= 0.6 is 11.6 Å². The molecule has 1 aromatic rings. The summed E-state index contributed by atoms with van der Waals surface area (Å²) in [7, 11) is 0. The molecule has 0 aliphatic carbocycles. The molecule has 0 aromatic heterocycles. The van der Waals surface area contributed by atoms with Gasteiger partial charge in [0.05, 0.1) is 10.6 Å². The van der Waals surface area contributed by atoms with Crippen LogP contribution in [0.25, 0.3) is 0 Å². The zero-order valence-corrected chi connectivity index (χ0v) is 12.1. The van der Waals surface area contributed by atoms with Crippen LogP contribution in [0, 0.1) is 5.82 Å². The van der Waals surface area contributed by atoms with Crippen LogP contribution in [0.3, 0.4) is 0 Å². The highest BCUT2D eigenvalue weighted by Gasteiger charge is 2.33. The molecule has 1 aromatic carbocycles. The van der Waals surface area contributed by atoms with Crippen molar-refractivity contribution in [3.8, 4) is 0 Å². The lowest BCUT2D eigenvalue weighted by Gasteiger charge is -2.38. The molecule has 4 heteroatoms. The molecule has 0 unspecified atom stereocenters. The molecule has 1 aliphatic rings. The summed E-state index contributed by atoms with van der Waals surface area (Å²) < 4.78 is 13.9. The van der Waals surface area contributed by atoms with E-state index in [0.717, 1.165) is 26.1 Å². The third-order valence-electron chi connectivity index (χ3n) is 3.88. The van der Waals surface area contributed by atoms with Crippen LogP contribution < -0.4 is 0 Å². The van der Waals surface area contributed by atoms with Gasteiger partial charge in [0, 0.05) is 19.5 Å². The summed E-state index contributed by atoms with van der Waals surface area (Å²) in [6, 6.07) is 4.97. The highest BCUT2D eigenvalue weighted by Crippen LogP contribution is 2.29. The van der Waals surface area contributed by atoms with Gasteiger partial charge in [-0.3, -0.25) is 0 Å². The van der Waals surface area contributed by atoms with E-state index in [1.165, 1.54) is 6.07 Å². The van der Waals surface area contributed by atoms with Crippen LogP contribution in [0.2, 0.25) is 5.02 Å². The lowest BCUT2D eigenvalue weighted by atomic mass is 9.85. The van der Waals surface area contributed by atoms with E-state index in [0.29, 0.717) is 24.8 Å². The molecule has 1 heterocycles. The fourth-order valence-electron chi connectivity index (χ4n) is 2.73. The van der Waals surface area contributed by atoms with Crippen molar-refractivity contribution in [2.75, 3.05) is 19.6 Å². The van der Waals surface area contributed by atoms with Crippen LogP contribution in [0.1, 0.15) is 31.7 Å². The summed E-state index contributed by atoms with van der Waals surface area (Å²) in [6.45, 7) is 4.99. The zero-order chi connectivity index (χ0) is 13.9. The first-order chi connectivity index (χ1) is 9.04. The summed E-state index contributed by atoms with van der Waals surface area (Å²) >= 11 is 5.78. The zero-order valence-electron chi connectivity index (χ0n) is 11.3. The largest absolute Gasteiger partial charge is 0.389 e. The van der Waals surface area contributed by atoms with Gasteiger partial charge in [-0.2, -0.15) is 0 Å². The van der Waals surface area contributed by atoms with Gasteiger partial charge in [-0.15, -0.1) is 0 Å². The lowest BCUT2D eigenvalue weighted by Crippen LogP contribution is -2.45. The maximum Gasteiger partial charge on any atom is 0.145 e. The Labute approximate surface area is 119 Å². The Balaban J connectivity index is 2.01. The number of halogens is 2. The van der Waals surface area contributed by atoms with E-state index in [-0.39, 0.29) is 5.02 Å². The Morgan fingerprint density at radius 1 is 1.37 bits per heavy atom. The fourth-order valence-corrected chi connectivity index (χ4v) is 2.92. The molecule has 0 spiro atoms. The minimum Gasteiger partial charge on any atom is -0.389 e. The summed E-state index contributed by atoms with van der Waals surface area (Å²) in [4.78, 5) is 2.35. The average molecular weight is 286 g/mol. The van der Waals surface area contributed by atoms with Crippen LogP contribution in [-0.4, -0.2) is 35.2 Å². The van der Waals surface area contributed by atoms with Gasteiger partial charge in [-0.1, -0.05) is 30.7 Å². The number of likely N-dealkylation sites (tertiary alicyclic amines) is 1. The molecule has 106 valence electrons. The van der Waals surface area contributed by atoms with Crippen LogP contribution in [-0.2, 0) is 6.42 Å². The molecule has 2 rings (SSSR count). The van der Waals surface area contributed by atoms with E-state index in [2.05, 4.69) is 11.8 Å². The predicted molar refractivity (Wildman–Crippen MR) is 76.0 cm³/mol. The van der Waals surface area contributed by atoms with Gasteiger partial charge in [0.25, 0.3) is 0 Å². The SMILES string of the molecule is CCCN1CCC(O)(Cc2cccc(Cl)c2F)CC1. The van der Waals surface area contributed by atoms with Gasteiger partial charge in [-0.25, -0.2) is 4.39 Å². The third kappa shape index (κ3) is 3.68. The monoisotopic (exact) mass is 285 g/mol. The first-order valence-electron chi connectivity index (χ1n) is 6.92. The number of benzene rings is 1. The number of hydrogen-bond acceptors (Lipinski definition) is 2. The molecule has 1 fully saturated rings. The minimum absolute atomic E-state index is 0.129. The highest BCUT2D eigenvalue weighted by atomic mass is 35.5. The molecular formula is C15H21ClFNO. The highest BCUT2D eigenvalue weighted by molar-refractivity contribution is 6.30. The number of piperidine rings is 1. The lowest BCUT2D eigenvalue weighted by molar-refractivity contribution is -0.0210. The summed E-state index contributed by atoms with van der Waals surface area (Å²) in [5, 5.41) is 10.7. The van der Waals surface area contributed by atoms with E-state index in [1.54, 1.807) is 12.1 Å². The Bertz CT molecular complexity index is 430. The standard InChI is InChI=1S/C15H21ClFNO/c1-2-8-18-9-6-15(19,7-10-18)11-12-4-3-5-13(16)14(12)17/h3-5,19H,2,6-11H2,1H3. The Morgan fingerprint density at radius 2 is 2.05 bits per heavy atom. The number of hydrogen-bond donors (Lipinski definition) is 1. The van der Waals surface area contributed by atoms with E-state index in [1.807, 2.05) is 0 Å². The topological polar surface area (TPSA) is 23.5 Å². The molecule has 0 radical (unpaired) electrons. The van der Waals surface area contributed by atoms with Crippen molar-refractivity contribution in [2.45, 2.75) is 38.2 Å². The van der Waals surface area contributed by atoms with E-state index in [4.69, 9.17) is 11.6 Å². The molecule has 1 aliphatic heterocycles. The minimum atomic E-state index is -0.796. The second-order valence-electron chi connectivity index (χ2n) is 5.46. The molecule has 19 heavy (non-hydrogen) atoms. The summed E-state index contributed by atoms with van der Waals surface area (Å²) in [5.41, 5.74) is -0.283. The molecule has 0 atom stereocenters. The van der Waals surface area contributed by atoms with Crippen molar-refractivity contribution < 1.29 is 9.50 Å². The normalized spacial score (nSPS) is 19.6. The third-order valence-corrected chi connectivity index (χ3v) is 4.17. The fraction of sp³-hybridized carbons (Fsp3) is 0.600. The molecule has 0 amide bonds. The van der Waals surface area contributed by atoms with E-state index >= 15 is 0 Å². The van der Waals surface area contributed by atoms with Crippen molar-refractivity contribution in [2.24, 2.45) is 0 Å². The quantitative estimate of drug-likeness (QED) is 0.918. The van der Waals surface area contributed by atoms with Crippen molar-refractivity contribution in [1.29, 1.82) is 0 Å². The van der Waals surface area contributed by atoms with Crippen molar-refractivity contribution in [1.82, 2.24) is 4.90 Å². The van der Waals surface area contributed by atoms with Crippen LogP contribution in [0.15, 0.2) is 18.2 Å². The molecule has 1 N–H and O–H groups in total. The smallest absolute Gasteiger partial charge is 0.145 e. The van der Waals surface area contributed by atoms with Gasteiger partial charge in [0.15, 0.2) is 0 Å². The number of nitrogens with zero attached hydrogens (tertiary/aromatic N) is 1. The molecule has 0 bridgehead atoms. The van der Waals surface area contributed by atoms with E-state index in [9.17, 15) is 9.50 Å². The molecule has 2 nitrogen and oxygen atoms in total. The number of aliphatic hydroxyl groups is 1. The maximum atomic E-state index is 13.9. The van der Waals surface area contributed by atoms with Gasteiger partial charge in [0.1, 0.15) is 5.82 Å². The summed E-state index contributed by atoms with van der Waals surface area (Å²) in [5.74, 6) is -0.395. The summed E-state index contributed by atoms with van der Waals surface area (Å²) in [6.07, 6.45) is 2.86. The van der Waals surface area contributed by atoms with Gasteiger partial charge in [-0.05, 0) is 37.4 Å². The number of rotatable bonds is 4. The van der Waals surface area contributed by atoms with Crippen molar-refractivity contribution >= 4 is 11.6 Å². The second-order valence-corrected chi connectivity index (χ2v) is 5.86. The van der Waals surface area contributed by atoms with Gasteiger partial charge < -0.3 is 10.0 Å². The van der Waals surface area contributed by atoms with Crippen LogP contribution in [0.5, 0.6) is 0 Å². The average Bonchev–Trinajstić information content (AvgIpc) is 2.38. The maximum absolute atomic E-state index is 13.9. The Morgan fingerprint density at radius 3 is 2.68 bits per heavy atom. The molecular weight excluding hydrogens is 265 g/mol. The van der Waals surface area contributed by atoms with Gasteiger partial charge in [0.2, 0.25) is 0 Å². The second kappa shape index (κ2) is 6.21. The molecule has 1 saturated heterocycles. The predicted octanol–water partition coefficient (Wildman–Crippen LogP) is 3.26. The van der Waals surface area contributed by atoms with Crippen molar-refractivity contribution in [3.63, 3.8) is 0 Å².